The normalized spacial score (nSPS) is 15.7. The van der Waals surface area contributed by atoms with Crippen molar-refractivity contribution < 1.29 is 9.90 Å². The molecular formula is C17H27NO2. The first-order chi connectivity index (χ1) is 9.27. The molecule has 0 aliphatic heterocycles. The molecule has 0 radical (unpaired) electrons. The van der Waals surface area contributed by atoms with Crippen LogP contribution < -0.4 is 5.73 Å². The van der Waals surface area contributed by atoms with Gasteiger partial charge in [-0.1, -0.05) is 31.5 Å². The van der Waals surface area contributed by atoms with Gasteiger partial charge in [0.1, 0.15) is 5.54 Å². The SMILES string of the molecule is CCC(CCc1c(C)cccc1C)CC(C)(N)C(=O)O. The fraction of sp³-hybridized carbons (Fsp3) is 0.588. The maximum absolute atomic E-state index is 11.1. The van der Waals surface area contributed by atoms with E-state index in [0.717, 1.165) is 19.3 Å². The number of carbonyl (C=O) groups is 1. The third-order valence-electron chi connectivity index (χ3n) is 4.23. The number of benzene rings is 1. The second kappa shape index (κ2) is 6.89. The first-order valence-electron chi connectivity index (χ1n) is 7.35. The largest absolute Gasteiger partial charge is 0.480 e. The summed E-state index contributed by atoms with van der Waals surface area (Å²) in [5.74, 6) is -0.567. The molecule has 0 saturated carbocycles. The third-order valence-corrected chi connectivity index (χ3v) is 4.23. The predicted molar refractivity (Wildman–Crippen MR) is 82.9 cm³/mol. The lowest BCUT2D eigenvalue weighted by atomic mass is 9.84. The molecule has 1 aromatic carbocycles. The minimum atomic E-state index is -1.12. The van der Waals surface area contributed by atoms with Crippen LogP contribution in [-0.4, -0.2) is 16.6 Å². The first-order valence-corrected chi connectivity index (χ1v) is 7.35. The molecule has 112 valence electrons. The predicted octanol–water partition coefficient (Wildman–Crippen LogP) is 3.45. The highest BCUT2D eigenvalue weighted by atomic mass is 16.4. The zero-order valence-electron chi connectivity index (χ0n) is 13.1. The molecule has 0 heterocycles. The molecule has 20 heavy (non-hydrogen) atoms. The second-order valence-corrected chi connectivity index (χ2v) is 6.11. The van der Waals surface area contributed by atoms with E-state index < -0.39 is 11.5 Å². The Balaban J connectivity index is 2.69. The standard InChI is InChI=1S/C17H27NO2/c1-5-14(11-17(4,18)16(19)20)9-10-15-12(2)7-6-8-13(15)3/h6-8,14H,5,9-11,18H2,1-4H3,(H,19,20). The lowest BCUT2D eigenvalue weighted by Gasteiger charge is -2.25. The number of carboxylic acids is 1. The van der Waals surface area contributed by atoms with E-state index in [4.69, 9.17) is 10.8 Å². The summed E-state index contributed by atoms with van der Waals surface area (Å²) in [6.45, 7) is 7.98. The van der Waals surface area contributed by atoms with Crippen LogP contribution in [0.15, 0.2) is 18.2 Å². The van der Waals surface area contributed by atoms with Crippen molar-refractivity contribution in [3.05, 3.63) is 34.9 Å². The van der Waals surface area contributed by atoms with E-state index in [0.29, 0.717) is 12.3 Å². The van der Waals surface area contributed by atoms with Gasteiger partial charge in [0.15, 0.2) is 0 Å². The summed E-state index contributed by atoms with van der Waals surface area (Å²) < 4.78 is 0. The fourth-order valence-electron chi connectivity index (χ4n) is 2.73. The molecule has 2 unspecified atom stereocenters. The molecule has 0 saturated heterocycles. The highest BCUT2D eigenvalue weighted by Crippen LogP contribution is 2.25. The van der Waals surface area contributed by atoms with Gasteiger partial charge in [0.25, 0.3) is 0 Å². The van der Waals surface area contributed by atoms with Gasteiger partial charge in [-0.2, -0.15) is 0 Å². The lowest BCUT2D eigenvalue weighted by molar-refractivity contribution is -0.143. The molecule has 0 aliphatic rings. The van der Waals surface area contributed by atoms with Crippen LogP contribution in [-0.2, 0) is 11.2 Å². The zero-order valence-corrected chi connectivity index (χ0v) is 13.1. The van der Waals surface area contributed by atoms with E-state index in [2.05, 4.69) is 39.0 Å². The zero-order chi connectivity index (χ0) is 15.3. The van der Waals surface area contributed by atoms with Crippen LogP contribution in [0, 0.1) is 19.8 Å². The minimum Gasteiger partial charge on any atom is -0.480 e. The smallest absolute Gasteiger partial charge is 0.323 e. The number of aryl methyl sites for hydroxylation is 2. The Morgan fingerprint density at radius 1 is 1.35 bits per heavy atom. The molecule has 3 N–H and O–H groups in total. The third kappa shape index (κ3) is 4.34. The maximum atomic E-state index is 11.1. The van der Waals surface area contributed by atoms with Gasteiger partial charge in [-0.3, -0.25) is 4.79 Å². The summed E-state index contributed by atoms with van der Waals surface area (Å²) in [4.78, 5) is 11.1. The van der Waals surface area contributed by atoms with Crippen LogP contribution in [0.4, 0.5) is 0 Å². The minimum absolute atomic E-state index is 0.347. The molecule has 0 spiro atoms. The average Bonchev–Trinajstić information content (AvgIpc) is 2.36. The van der Waals surface area contributed by atoms with Crippen LogP contribution in [0.25, 0.3) is 0 Å². The van der Waals surface area contributed by atoms with Gasteiger partial charge in [0.05, 0.1) is 0 Å². The molecule has 2 atom stereocenters. The second-order valence-electron chi connectivity index (χ2n) is 6.11. The van der Waals surface area contributed by atoms with Crippen molar-refractivity contribution in [2.75, 3.05) is 0 Å². The summed E-state index contributed by atoms with van der Waals surface area (Å²) >= 11 is 0. The number of hydrogen-bond donors (Lipinski definition) is 2. The Hall–Kier alpha value is -1.35. The van der Waals surface area contributed by atoms with E-state index in [1.54, 1.807) is 6.92 Å². The van der Waals surface area contributed by atoms with Gasteiger partial charge in [-0.25, -0.2) is 0 Å². The lowest BCUT2D eigenvalue weighted by Crippen LogP contribution is -2.46. The van der Waals surface area contributed by atoms with Crippen molar-refractivity contribution in [2.24, 2.45) is 11.7 Å². The van der Waals surface area contributed by atoms with Crippen molar-refractivity contribution in [3.63, 3.8) is 0 Å². The maximum Gasteiger partial charge on any atom is 0.323 e. The summed E-state index contributed by atoms with van der Waals surface area (Å²) in [5.41, 5.74) is 8.76. The Labute approximate surface area is 122 Å². The van der Waals surface area contributed by atoms with Gasteiger partial charge in [-0.15, -0.1) is 0 Å². The topological polar surface area (TPSA) is 63.3 Å². The highest BCUT2D eigenvalue weighted by Gasteiger charge is 2.30. The summed E-state index contributed by atoms with van der Waals surface area (Å²) in [6.07, 6.45) is 3.48. The van der Waals surface area contributed by atoms with Crippen molar-refractivity contribution in [1.82, 2.24) is 0 Å². The quantitative estimate of drug-likeness (QED) is 0.802. The molecule has 0 aromatic heterocycles. The monoisotopic (exact) mass is 277 g/mol. The molecule has 1 rings (SSSR count). The molecule has 3 heteroatoms. The van der Waals surface area contributed by atoms with Crippen LogP contribution in [0.5, 0.6) is 0 Å². The van der Waals surface area contributed by atoms with Crippen molar-refractivity contribution >= 4 is 5.97 Å². The summed E-state index contributed by atoms with van der Waals surface area (Å²) in [5, 5.41) is 9.13. The molecule has 0 aliphatic carbocycles. The highest BCUT2D eigenvalue weighted by molar-refractivity contribution is 5.77. The number of nitrogens with two attached hydrogens (primary N) is 1. The van der Waals surface area contributed by atoms with Crippen molar-refractivity contribution in [1.29, 1.82) is 0 Å². The molecule has 0 amide bonds. The van der Waals surface area contributed by atoms with Crippen LogP contribution in [0.3, 0.4) is 0 Å². The molecule has 0 fully saturated rings. The van der Waals surface area contributed by atoms with Crippen molar-refractivity contribution in [2.45, 2.75) is 58.9 Å². The average molecular weight is 277 g/mol. The van der Waals surface area contributed by atoms with Gasteiger partial charge < -0.3 is 10.8 Å². The number of carboxylic acid groups (broad SMARTS) is 1. The van der Waals surface area contributed by atoms with Crippen LogP contribution in [0.2, 0.25) is 0 Å². The summed E-state index contributed by atoms with van der Waals surface area (Å²) in [7, 11) is 0. The van der Waals surface area contributed by atoms with E-state index in [1.807, 2.05) is 0 Å². The van der Waals surface area contributed by atoms with Crippen LogP contribution >= 0.6 is 0 Å². The van der Waals surface area contributed by atoms with E-state index in [-0.39, 0.29) is 0 Å². The van der Waals surface area contributed by atoms with Crippen molar-refractivity contribution in [3.8, 4) is 0 Å². The Bertz CT molecular complexity index is 446. The van der Waals surface area contributed by atoms with E-state index >= 15 is 0 Å². The number of aliphatic carboxylic acids is 1. The number of hydrogen-bond acceptors (Lipinski definition) is 2. The molecule has 1 aromatic rings. The fourth-order valence-corrected chi connectivity index (χ4v) is 2.73. The van der Waals surface area contributed by atoms with Gasteiger partial charge in [-0.05, 0) is 62.6 Å². The molecule has 0 bridgehead atoms. The Morgan fingerprint density at radius 3 is 2.35 bits per heavy atom. The molecule has 3 nitrogen and oxygen atoms in total. The van der Waals surface area contributed by atoms with Gasteiger partial charge in [0.2, 0.25) is 0 Å². The Kier molecular flexibility index (Phi) is 5.75. The van der Waals surface area contributed by atoms with E-state index in [9.17, 15) is 4.79 Å². The number of rotatable bonds is 7. The Morgan fingerprint density at radius 2 is 1.90 bits per heavy atom. The van der Waals surface area contributed by atoms with E-state index in [1.165, 1.54) is 16.7 Å². The van der Waals surface area contributed by atoms with Gasteiger partial charge >= 0.3 is 5.97 Å². The summed E-state index contributed by atoms with van der Waals surface area (Å²) in [6, 6.07) is 6.34. The van der Waals surface area contributed by atoms with Gasteiger partial charge in [0, 0.05) is 0 Å². The molecular weight excluding hydrogens is 250 g/mol. The first kappa shape index (κ1) is 16.7. The van der Waals surface area contributed by atoms with Crippen LogP contribution in [0.1, 0.15) is 49.8 Å².